The van der Waals surface area contributed by atoms with Gasteiger partial charge in [-0.2, -0.15) is 0 Å². The average Bonchev–Trinajstić information content (AvgIpc) is 3.25. The molecule has 168 valence electrons. The van der Waals surface area contributed by atoms with Crippen LogP contribution in [0.4, 0.5) is 10.8 Å². The first kappa shape index (κ1) is 23.7. The van der Waals surface area contributed by atoms with Crippen molar-refractivity contribution >= 4 is 45.7 Å². The number of rotatable bonds is 11. The third kappa shape index (κ3) is 7.35. The molecule has 2 amide bonds. The standard InChI is InChI=1S/C23H26N4O3S2/c1-3-5-6-16-7-11-18(12-8-16)24-20(28)15-31-23-27-26-22(32-23)25-21(29)17-9-13-19(14-10-17)30-4-2/h7-14H,3-6,15H2,1-2H3,(H,24,28)(H,25,26,29). The summed E-state index contributed by atoms with van der Waals surface area (Å²) >= 11 is 2.51. The number of aryl methyl sites for hydroxylation is 1. The van der Waals surface area contributed by atoms with E-state index < -0.39 is 0 Å². The normalized spacial score (nSPS) is 10.6. The van der Waals surface area contributed by atoms with Gasteiger partial charge in [0.05, 0.1) is 12.4 Å². The van der Waals surface area contributed by atoms with E-state index in [1.165, 1.54) is 28.7 Å². The lowest BCUT2D eigenvalue weighted by Crippen LogP contribution is -2.13. The average molecular weight is 471 g/mol. The molecular weight excluding hydrogens is 444 g/mol. The van der Waals surface area contributed by atoms with Gasteiger partial charge in [0.1, 0.15) is 5.75 Å². The zero-order chi connectivity index (χ0) is 22.8. The number of benzene rings is 2. The van der Waals surface area contributed by atoms with Crippen LogP contribution < -0.4 is 15.4 Å². The third-order valence-corrected chi connectivity index (χ3v) is 6.41. The Hall–Kier alpha value is -2.91. The molecule has 2 aromatic carbocycles. The van der Waals surface area contributed by atoms with Crippen LogP contribution in [0, 0.1) is 0 Å². The van der Waals surface area contributed by atoms with Crippen molar-refractivity contribution in [2.45, 2.75) is 37.4 Å². The van der Waals surface area contributed by atoms with Crippen LogP contribution in [0.15, 0.2) is 52.9 Å². The van der Waals surface area contributed by atoms with Gasteiger partial charge in [0.2, 0.25) is 11.0 Å². The van der Waals surface area contributed by atoms with Crippen molar-refractivity contribution in [1.82, 2.24) is 10.2 Å². The highest BCUT2D eigenvalue weighted by molar-refractivity contribution is 8.01. The minimum absolute atomic E-state index is 0.119. The second-order valence-corrected chi connectivity index (χ2v) is 9.12. The number of anilines is 2. The van der Waals surface area contributed by atoms with Crippen LogP contribution in [0.1, 0.15) is 42.6 Å². The minimum atomic E-state index is -0.277. The van der Waals surface area contributed by atoms with Crippen molar-refractivity contribution in [2.24, 2.45) is 0 Å². The van der Waals surface area contributed by atoms with E-state index in [1.807, 2.05) is 31.2 Å². The molecular formula is C23H26N4O3S2. The summed E-state index contributed by atoms with van der Waals surface area (Å²) in [6.45, 7) is 4.64. The Balaban J connectivity index is 1.45. The lowest BCUT2D eigenvalue weighted by molar-refractivity contribution is -0.113. The fourth-order valence-corrected chi connectivity index (χ4v) is 4.36. The fraction of sp³-hybridized carbons (Fsp3) is 0.304. The predicted octanol–water partition coefficient (Wildman–Crippen LogP) is 5.26. The first-order valence-corrected chi connectivity index (χ1v) is 12.3. The van der Waals surface area contributed by atoms with E-state index in [-0.39, 0.29) is 17.6 Å². The van der Waals surface area contributed by atoms with Crippen LogP contribution in [0.5, 0.6) is 5.75 Å². The molecule has 3 aromatic rings. The lowest BCUT2D eigenvalue weighted by Gasteiger charge is -2.06. The molecule has 0 aliphatic carbocycles. The predicted molar refractivity (Wildman–Crippen MR) is 130 cm³/mol. The van der Waals surface area contributed by atoms with E-state index in [0.29, 0.717) is 27.4 Å². The van der Waals surface area contributed by atoms with Crippen molar-refractivity contribution in [3.8, 4) is 5.75 Å². The van der Waals surface area contributed by atoms with Crippen molar-refractivity contribution in [3.63, 3.8) is 0 Å². The van der Waals surface area contributed by atoms with Gasteiger partial charge in [0.15, 0.2) is 4.34 Å². The number of thioether (sulfide) groups is 1. The molecule has 0 radical (unpaired) electrons. The van der Waals surface area contributed by atoms with Crippen molar-refractivity contribution in [1.29, 1.82) is 0 Å². The molecule has 0 fully saturated rings. The maximum Gasteiger partial charge on any atom is 0.257 e. The second-order valence-electron chi connectivity index (χ2n) is 6.92. The summed E-state index contributed by atoms with van der Waals surface area (Å²) in [7, 11) is 0. The first-order chi connectivity index (χ1) is 15.6. The smallest absolute Gasteiger partial charge is 0.257 e. The number of ether oxygens (including phenoxy) is 1. The number of aromatic nitrogens is 2. The number of hydrogen-bond acceptors (Lipinski definition) is 7. The molecule has 0 unspecified atom stereocenters. The molecule has 9 heteroatoms. The van der Waals surface area contributed by atoms with Gasteiger partial charge in [-0.1, -0.05) is 48.6 Å². The molecule has 0 aliphatic rings. The van der Waals surface area contributed by atoms with Crippen molar-refractivity contribution < 1.29 is 14.3 Å². The Kier molecular flexibility index (Phi) is 9.06. The van der Waals surface area contributed by atoms with E-state index in [9.17, 15) is 9.59 Å². The highest BCUT2D eigenvalue weighted by Crippen LogP contribution is 2.26. The quantitative estimate of drug-likeness (QED) is 0.293. The molecule has 1 heterocycles. The van der Waals surface area contributed by atoms with E-state index in [0.717, 1.165) is 24.9 Å². The van der Waals surface area contributed by atoms with Crippen LogP contribution in [0.2, 0.25) is 0 Å². The topological polar surface area (TPSA) is 93.2 Å². The van der Waals surface area contributed by atoms with Crippen molar-refractivity contribution in [3.05, 3.63) is 59.7 Å². The van der Waals surface area contributed by atoms with E-state index in [1.54, 1.807) is 24.3 Å². The summed E-state index contributed by atoms with van der Waals surface area (Å²) in [5, 5.41) is 14.0. The van der Waals surface area contributed by atoms with Gasteiger partial charge >= 0.3 is 0 Å². The maximum atomic E-state index is 12.4. The molecule has 0 spiro atoms. The summed E-state index contributed by atoms with van der Waals surface area (Å²) in [6.07, 6.45) is 3.37. The Morgan fingerprint density at radius 3 is 2.44 bits per heavy atom. The van der Waals surface area contributed by atoms with Gasteiger partial charge in [-0.05, 0) is 61.7 Å². The number of nitrogens with zero attached hydrogens (tertiary/aromatic N) is 2. The molecule has 0 aliphatic heterocycles. The van der Waals surface area contributed by atoms with Crippen LogP contribution in [0.25, 0.3) is 0 Å². The number of amides is 2. The van der Waals surface area contributed by atoms with Gasteiger partial charge < -0.3 is 10.1 Å². The van der Waals surface area contributed by atoms with Gasteiger partial charge in [0.25, 0.3) is 5.91 Å². The largest absolute Gasteiger partial charge is 0.494 e. The molecule has 7 nitrogen and oxygen atoms in total. The van der Waals surface area contributed by atoms with Crippen LogP contribution in [-0.2, 0) is 11.2 Å². The number of nitrogens with one attached hydrogen (secondary N) is 2. The molecule has 0 atom stereocenters. The van der Waals surface area contributed by atoms with Crippen LogP contribution in [-0.4, -0.2) is 34.4 Å². The van der Waals surface area contributed by atoms with Crippen molar-refractivity contribution in [2.75, 3.05) is 23.0 Å². The van der Waals surface area contributed by atoms with E-state index in [2.05, 4.69) is 27.8 Å². The number of carbonyl (C=O) groups excluding carboxylic acids is 2. The number of hydrogen-bond donors (Lipinski definition) is 2. The maximum absolute atomic E-state index is 12.4. The summed E-state index contributed by atoms with van der Waals surface area (Å²) < 4.78 is 5.99. The van der Waals surface area contributed by atoms with Gasteiger partial charge in [0, 0.05) is 11.3 Å². The molecule has 0 saturated heterocycles. The molecule has 0 saturated carbocycles. The highest BCUT2D eigenvalue weighted by Gasteiger charge is 2.12. The summed E-state index contributed by atoms with van der Waals surface area (Å²) in [6, 6.07) is 14.8. The highest BCUT2D eigenvalue weighted by atomic mass is 32.2. The molecule has 3 rings (SSSR count). The fourth-order valence-electron chi connectivity index (χ4n) is 2.82. The van der Waals surface area contributed by atoms with Gasteiger partial charge in [-0.25, -0.2) is 0 Å². The van der Waals surface area contributed by atoms with Crippen LogP contribution in [0.3, 0.4) is 0 Å². The zero-order valence-electron chi connectivity index (χ0n) is 18.1. The monoisotopic (exact) mass is 470 g/mol. The molecule has 32 heavy (non-hydrogen) atoms. The second kappa shape index (κ2) is 12.2. The van der Waals surface area contributed by atoms with Crippen LogP contribution >= 0.6 is 23.1 Å². The summed E-state index contributed by atoms with van der Waals surface area (Å²) in [5.74, 6) is 0.524. The van der Waals surface area contributed by atoms with E-state index >= 15 is 0 Å². The Labute approximate surface area is 196 Å². The third-order valence-electron chi connectivity index (χ3n) is 4.44. The molecule has 0 bridgehead atoms. The Morgan fingerprint density at radius 2 is 1.75 bits per heavy atom. The van der Waals surface area contributed by atoms with E-state index in [4.69, 9.17) is 4.74 Å². The lowest BCUT2D eigenvalue weighted by atomic mass is 10.1. The zero-order valence-corrected chi connectivity index (χ0v) is 19.7. The number of unbranched alkanes of at least 4 members (excludes halogenated alkanes) is 1. The summed E-state index contributed by atoms with van der Waals surface area (Å²) in [5.41, 5.74) is 2.54. The molecule has 2 N–H and O–H groups in total. The first-order valence-electron chi connectivity index (χ1n) is 10.5. The van der Waals surface area contributed by atoms with Gasteiger partial charge in [-0.3, -0.25) is 14.9 Å². The Morgan fingerprint density at radius 1 is 1.00 bits per heavy atom. The Bertz CT molecular complexity index is 1020. The number of carbonyl (C=O) groups is 2. The SMILES string of the molecule is CCCCc1ccc(NC(=O)CSc2nnc(NC(=O)c3ccc(OCC)cc3)s2)cc1. The van der Waals surface area contributed by atoms with Gasteiger partial charge in [-0.15, -0.1) is 10.2 Å². The minimum Gasteiger partial charge on any atom is -0.494 e. The summed E-state index contributed by atoms with van der Waals surface area (Å²) in [4.78, 5) is 24.6. The molecule has 1 aromatic heterocycles.